The number of carbonyl (C=O) groups is 1. The molecule has 0 saturated heterocycles. The Morgan fingerprint density at radius 3 is 2.14 bits per heavy atom. The van der Waals surface area contributed by atoms with Crippen LogP contribution >= 0.6 is 17.8 Å². The molecule has 0 heterocycles. The third-order valence-electron chi connectivity index (χ3n) is 0.979. The van der Waals surface area contributed by atoms with Gasteiger partial charge in [-0.1, -0.05) is 0 Å². The van der Waals surface area contributed by atoms with Gasteiger partial charge in [0.05, 0.1) is 0 Å². The second-order valence-corrected chi connectivity index (χ2v) is 14.5. The molecule has 0 aromatic carbocycles. The third-order valence-corrected chi connectivity index (χ3v) is 6.32. The zero-order chi connectivity index (χ0) is 11.4. The number of allylic oxidation sites excluding steroid dienone is 3. The van der Waals surface area contributed by atoms with Crippen LogP contribution < -0.4 is 0 Å². The molecule has 0 aromatic rings. The molecule has 3 nitrogen and oxygen atoms in total. The molecule has 0 unspecified atom stereocenters. The predicted octanol–water partition coefficient (Wildman–Crippen LogP) is 2.96. The van der Waals surface area contributed by atoms with Crippen LogP contribution in [0.2, 0.25) is 0 Å². The first-order valence-electron chi connectivity index (χ1n) is 3.83. The number of halogens is 2. The van der Waals surface area contributed by atoms with Gasteiger partial charge in [0.2, 0.25) is 0 Å². The van der Waals surface area contributed by atoms with E-state index in [1.807, 2.05) is 0 Å². The van der Waals surface area contributed by atoms with Crippen molar-refractivity contribution in [2.24, 2.45) is 0 Å². The van der Waals surface area contributed by atoms with Crippen LogP contribution in [0.4, 0.5) is 0 Å². The Kier molecular flexibility index (Phi) is 5.93. The summed E-state index contributed by atoms with van der Waals surface area (Å²) in [5.74, 6) is 0.634. The Bertz CT molecular complexity index is 274. The molecule has 0 aliphatic heterocycles. The average molecular weight is 346 g/mol. The fourth-order valence-electron chi connectivity index (χ4n) is 0.727. The van der Waals surface area contributed by atoms with Crippen LogP contribution in [0.1, 0.15) is 20.8 Å². The van der Waals surface area contributed by atoms with Crippen LogP contribution in [0.15, 0.2) is 24.2 Å². The maximum absolute atomic E-state index is 10.7. The van der Waals surface area contributed by atoms with Gasteiger partial charge in [0.25, 0.3) is 0 Å². The van der Waals surface area contributed by atoms with Gasteiger partial charge in [-0.05, 0) is 0 Å². The van der Waals surface area contributed by atoms with Gasteiger partial charge in [0.1, 0.15) is 0 Å². The minimum atomic E-state index is -4.00. The summed E-state index contributed by atoms with van der Waals surface area (Å²) in [5, 5.41) is 0. The van der Waals surface area contributed by atoms with Crippen LogP contribution in [0.5, 0.6) is 0 Å². The monoisotopic (exact) mass is 346 g/mol. The van der Waals surface area contributed by atoms with E-state index in [0.717, 1.165) is 0 Å². The van der Waals surface area contributed by atoms with E-state index >= 15 is 0 Å². The zero-order valence-corrected chi connectivity index (χ0v) is 12.6. The van der Waals surface area contributed by atoms with Gasteiger partial charge in [0.15, 0.2) is 0 Å². The number of ketones is 1. The van der Waals surface area contributed by atoms with Crippen LogP contribution in [-0.4, -0.2) is 22.7 Å². The molecule has 0 spiro atoms. The molecule has 0 bridgehead atoms. The molecule has 0 saturated carbocycles. The van der Waals surface area contributed by atoms with E-state index in [9.17, 15) is 4.79 Å². The van der Waals surface area contributed by atoms with Gasteiger partial charge in [-0.15, -0.1) is 0 Å². The molecule has 0 fully saturated rings. The number of carbonyl (C=O) groups excluding carboxylic acids is 1. The van der Waals surface area contributed by atoms with Crippen molar-refractivity contribution < 1.29 is 10.9 Å². The van der Waals surface area contributed by atoms with Crippen molar-refractivity contribution in [3.8, 4) is 0 Å². The third kappa shape index (κ3) is 7.52. The van der Waals surface area contributed by atoms with E-state index < -0.39 is 17.0 Å². The van der Waals surface area contributed by atoms with Crippen LogP contribution in [0.3, 0.4) is 0 Å². The van der Waals surface area contributed by atoms with E-state index in [1.54, 1.807) is 13.8 Å². The summed E-state index contributed by atoms with van der Waals surface area (Å²) in [6.07, 6.45) is 1.30. The van der Waals surface area contributed by atoms with Gasteiger partial charge in [-0.25, -0.2) is 0 Å². The Morgan fingerprint density at radius 2 is 1.79 bits per heavy atom. The van der Waals surface area contributed by atoms with Crippen LogP contribution in [0, 0.1) is 0 Å². The van der Waals surface area contributed by atoms with Gasteiger partial charge >= 0.3 is 96.5 Å². The van der Waals surface area contributed by atoms with E-state index in [4.69, 9.17) is 24.0 Å². The molecule has 80 valence electrons. The first-order chi connectivity index (χ1) is 6.23. The standard InChI is InChI=1S/C5H8O2.C3H6O.2ClH.Sn/c1-4(6)3-5(2)7;1-3(2)4;;;/h3,6H,1-2H3;4H,1H2,2H3;2*1H;/q;;;;+4/p-4/b4-3-;;;;. The molecule has 0 N–H and O–H groups in total. The van der Waals surface area contributed by atoms with Crippen molar-refractivity contribution in [1.29, 1.82) is 0 Å². The SMILES string of the molecule is C=C(C)[O][Sn]([Cl])([Cl])[O]/C(C)=C\C(C)=O. The van der Waals surface area contributed by atoms with Crippen molar-refractivity contribution in [1.82, 2.24) is 0 Å². The molecule has 0 amide bonds. The Balaban J connectivity index is 4.35. The minimum absolute atomic E-state index is 0.131. The summed E-state index contributed by atoms with van der Waals surface area (Å²) in [6.45, 7) is 8.14. The summed E-state index contributed by atoms with van der Waals surface area (Å²) >= 11 is -4.00. The average Bonchev–Trinajstić information content (AvgIpc) is 1.77. The summed E-state index contributed by atoms with van der Waals surface area (Å²) in [5.41, 5.74) is 0. The van der Waals surface area contributed by atoms with Crippen LogP contribution in [-0.2, 0) is 10.9 Å². The first-order valence-corrected chi connectivity index (χ1v) is 13.4. The number of rotatable bonds is 5. The number of hydrogen-bond donors (Lipinski definition) is 0. The van der Waals surface area contributed by atoms with Crippen molar-refractivity contribution in [2.45, 2.75) is 20.8 Å². The van der Waals surface area contributed by atoms with Gasteiger partial charge in [0, 0.05) is 0 Å². The molecule has 0 aromatic heterocycles. The molecule has 0 aliphatic rings. The fourth-order valence-corrected chi connectivity index (χ4v) is 6.64. The van der Waals surface area contributed by atoms with E-state index in [2.05, 4.69) is 6.58 Å². The topological polar surface area (TPSA) is 35.5 Å². The zero-order valence-electron chi connectivity index (χ0n) is 8.27. The van der Waals surface area contributed by atoms with Crippen molar-refractivity contribution in [3.05, 3.63) is 24.2 Å². The molecule has 6 heteroatoms. The molecule has 0 aliphatic carbocycles. The predicted molar refractivity (Wildman–Crippen MR) is 58.9 cm³/mol. The van der Waals surface area contributed by atoms with Gasteiger partial charge in [-0.2, -0.15) is 0 Å². The van der Waals surface area contributed by atoms with Crippen molar-refractivity contribution >= 4 is 40.6 Å². The number of hydrogen-bond acceptors (Lipinski definition) is 3. The van der Waals surface area contributed by atoms with Crippen molar-refractivity contribution in [3.63, 3.8) is 0 Å². The normalized spacial score (nSPS) is 12.2. The fraction of sp³-hybridized carbons (Fsp3) is 0.375. The maximum atomic E-state index is 10.7. The van der Waals surface area contributed by atoms with Crippen molar-refractivity contribution in [2.75, 3.05) is 0 Å². The van der Waals surface area contributed by atoms with E-state index in [1.165, 1.54) is 13.0 Å². The summed E-state index contributed by atoms with van der Waals surface area (Å²) in [7, 11) is 11.7. The van der Waals surface area contributed by atoms with E-state index in [0.29, 0.717) is 11.5 Å². The summed E-state index contributed by atoms with van der Waals surface area (Å²) in [4.78, 5) is 10.7. The Labute approximate surface area is 96.1 Å². The molecule has 14 heavy (non-hydrogen) atoms. The molecular formula is C8H12Cl2O3Sn. The summed E-state index contributed by atoms with van der Waals surface area (Å²) < 4.78 is 10.2. The molecule has 0 atom stereocenters. The van der Waals surface area contributed by atoms with Gasteiger partial charge in [-0.3, -0.25) is 0 Å². The quantitative estimate of drug-likeness (QED) is 0.436. The Morgan fingerprint density at radius 1 is 1.29 bits per heavy atom. The van der Waals surface area contributed by atoms with E-state index in [-0.39, 0.29) is 5.78 Å². The Hall–Kier alpha value is 0.129. The second-order valence-electron chi connectivity index (χ2n) is 2.74. The second kappa shape index (κ2) is 5.88. The van der Waals surface area contributed by atoms with Crippen LogP contribution in [0.25, 0.3) is 0 Å². The first kappa shape index (κ1) is 14.1. The van der Waals surface area contributed by atoms with Gasteiger partial charge < -0.3 is 0 Å². The summed E-state index contributed by atoms with van der Waals surface area (Å²) in [6, 6.07) is 0. The molecule has 0 rings (SSSR count). The molecular weight excluding hydrogens is 334 g/mol. The molecule has 0 radical (unpaired) electrons.